The van der Waals surface area contributed by atoms with Gasteiger partial charge in [0, 0.05) is 0 Å². The summed E-state index contributed by atoms with van der Waals surface area (Å²) in [5.74, 6) is 1.95. The first-order chi connectivity index (χ1) is 8.76. The molecule has 1 rings (SSSR count). The fourth-order valence-corrected chi connectivity index (χ4v) is 4.38. The molecule has 0 spiro atoms. The van der Waals surface area contributed by atoms with Gasteiger partial charge in [-0.3, -0.25) is 4.18 Å². The number of methoxy groups -OCH3 is 2. The van der Waals surface area contributed by atoms with Crippen LogP contribution >= 0.6 is 0 Å². The van der Waals surface area contributed by atoms with Crippen LogP contribution in [0.3, 0.4) is 0 Å². The molecule has 110 valence electrons. The van der Waals surface area contributed by atoms with Crippen LogP contribution in [0.4, 0.5) is 0 Å². The van der Waals surface area contributed by atoms with Gasteiger partial charge in [0.05, 0.1) is 7.11 Å². The Labute approximate surface area is 121 Å². The predicted octanol–water partition coefficient (Wildman–Crippen LogP) is 0.758. The summed E-state index contributed by atoms with van der Waals surface area (Å²) in [6, 6.07) is 5.96. The minimum absolute atomic E-state index is 0.808. The van der Waals surface area contributed by atoms with Gasteiger partial charge in [0.2, 0.25) is 10.4 Å². The number of hydrogen-bond donors (Lipinski definition) is 0. The first-order valence-corrected chi connectivity index (χ1v) is 12.2. The third kappa shape index (κ3) is 6.99. The summed E-state index contributed by atoms with van der Waals surface area (Å²) in [5, 5.41) is 0. The fraction of sp³-hybridized carbons (Fsp3) is 0.455. The molecule has 0 amide bonds. The zero-order chi connectivity index (χ0) is 15.1. The van der Waals surface area contributed by atoms with Crippen LogP contribution in [-0.4, -0.2) is 53.9 Å². The molecule has 0 aliphatic rings. The molecule has 1 aromatic carbocycles. The van der Waals surface area contributed by atoms with Crippen LogP contribution in [0.2, 0.25) is 9.94 Å². The van der Waals surface area contributed by atoms with E-state index in [2.05, 4.69) is 14.1 Å². The molecule has 0 unspecified atom stereocenters. The molecule has 0 fully saturated rings. The molecule has 1 aromatic rings. The van der Waals surface area contributed by atoms with Gasteiger partial charge in [0.25, 0.3) is 0 Å². The molecule has 0 N–H and O–H groups in total. The molecule has 0 heterocycles. The van der Waals surface area contributed by atoms with Crippen LogP contribution in [0.25, 0.3) is 0 Å². The van der Waals surface area contributed by atoms with Crippen LogP contribution in [0.5, 0.6) is 11.5 Å². The van der Waals surface area contributed by atoms with Gasteiger partial charge in [-0.15, -0.1) is 0 Å². The van der Waals surface area contributed by atoms with E-state index in [4.69, 9.17) is 9.47 Å². The molecule has 0 aromatic heterocycles. The molecule has 0 atom stereocenters. The van der Waals surface area contributed by atoms with Crippen molar-refractivity contribution in [2.24, 2.45) is 0 Å². The van der Waals surface area contributed by atoms with E-state index in [-0.39, 0.29) is 0 Å². The Hall–Kier alpha value is -0.520. The predicted molar refractivity (Wildman–Crippen MR) is 73.4 cm³/mol. The van der Waals surface area contributed by atoms with E-state index < -0.39 is 30.0 Å². The summed E-state index contributed by atoms with van der Waals surface area (Å²) in [6.45, 7) is 0. The summed E-state index contributed by atoms with van der Waals surface area (Å²) in [6.07, 6.45) is 0. The topological polar surface area (TPSA) is 84.9 Å². The van der Waals surface area contributed by atoms with Crippen molar-refractivity contribution in [2.75, 3.05) is 21.3 Å². The average molecular weight is 406 g/mol. The summed E-state index contributed by atoms with van der Waals surface area (Å²) < 4.78 is 42.9. The number of ether oxygens (including phenoxy) is 2. The molecular formula is C11H18O6STe. The summed E-state index contributed by atoms with van der Waals surface area (Å²) in [7, 11) is -0.187. The van der Waals surface area contributed by atoms with Crippen LogP contribution in [0, 0.1) is 0 Å². The minimum atomic E-state index is -4.41. The third-order valence-corrected chi connectivity index (χ3v) is 5.88. The van der Waals surface area contributed by atoms with Crippen molar-refractivity contribution in [3.05, 3.63) is 18.2 Å². The van der Waals surface area contributed by atoms with Crippen molar-refractivity contribution in [1.29, 1.82) is 0 Å². The Kier molecular flexibility index (Phi) is 8.37. The molecule has 0 radical (unpaired) electrons. The van der Waals surface area contributed by atoms with Gasteiger partial charge in [0.1, 0.15) is 0 Å². The van der Waals surface area contributed by atoms with Gasteiger partial charge < -0.3 is 4.55 Å². The van der Waals surface area contributed by atoms with Crippen molar-refractivity contribution in [3.63, 3.8) is 0 Å². The number of hydrogen-bond acceptors (Lipinski definition) is 6. The standard InChI is InChI=1S/C10H15O2Te.CH4O4S/c1-11-8-6-5-7-9(12-2)10(8)13(3)4;1-5-6(2,3)4/h5-7H,1-4H3;1H3,(H,2,3,4)/q+1;/p-1. The summed E-state index contributed by atoms with van der Waals surface area (Å²) >= 11 is -1.18. The van der Waals surface area contributed by atoms with E-state index >= 15 is 0 Å². The van der Waals surface area contributed by atoms with Gasteiger partial charge >= 0.3 is 86.5 Å². The average Bonchev–Trinajstić information content (AvgIpc) is 2.37. The normalized spacial score (nSPS) is 10.7. The number of benzene rings is 1. The second kappa shape index (κ2) is 8.61. The van der Waals surface area contributed by atoms with Crippen LogP contribution in [0.1, 0.15) is 0 Å². The Morgan fingerprint density at radius 1 is 1.05 bits per heavy atom. The summed E-state index contributed by atoms with van der Waals surface area (Å²) in [5.41, 5.74) is 0. The fourth-order valence-electron chi connectivity index (χ4n) is 1.22. The van der Waals surface area contributed by atoms with Gasteiger partial charge in [-0.1, -0.05) is 0 Å². The second-order valence-corrected chi connectivity index (χ2v) is 10.4. The summed E-state index contributed by atoms with van der Waals surface area (Å²) in [4.78, 5) is 4.59. The van der Waals surface area contributed by atoms with E-state index in [0.29, 0.717) is 0 Å². The first kappa shape index (κ1) is 18.5. The number of rotatable bonds is 4. The molecule has 0 aliphatic carbocycles. The van der Waals surface area contributed by atoms with Crippen LogP contribution < -0.4 is 13.1 Å². The quantitative estimate of drug-likeness (QED) is 0.417. The zero-order valence-electron chi connectivity index (χ0n) is 11.5. The van der Waals surface area contributed by atoms with Gasteiger partial charge in [0.15, 0.2) is 0 Å². The second-order valence-electron chi connectivity index (χ2n) is 3.38. The van der Waals surface area contributed by atoms with Crippen molar-refractivity contribution < 1.29 is 26.6 Å². The van der Waals surface area contributed by atoms with E-state index in [1.54, 1.807) is 14.2 Å². The van der Waals surface area contributed by atoms with Gasteiger partial charge in [-0.05, 0) is 0 Å². The van der Waals surface area contributed by atoms with E-state index in [1.807, 2.05) is 18.2 Å². The molecule has 0 bridgehead atoms. The van der Waals surface area contributed by atoms with Crippen molar-refractivity contribution in [1.82, 2.24) is 0 Å². The Bertz CT molecular complexity index is 464. The Morgan fingerprint density at radius 3 is 1.63 bits per heavy atom. The molecule has 0 aliphatic heterocycles. The van der Waals surface area contributed by atoms with E-state index in [1.165, 1.54) is 3.61 Å². The molecular weight excluding hydrogens is 388 g/mol. The van der Waals surface area contributed by atoms with Gasteiger partial charge in [-0.2, -0.15) is 0 Å². The maximum atomic E-state index is 9.22. The SMILES string of the molecule is COS(=O)(=O)[O-].COc1cccc(OC)c1[Te+](C)C. The Balaban J connectivity index is 0.000000459. The van der Waals surface area contributed by atoms with E-state index in [0.717, 1.165) is 18.6 Å². The molecule has 0 saturated heterocycles. The molecule has 8 heteroatoms. The van der Waals surface area contributed by atoms with Gasteiger partial charge in [-0.25, -0.2) is 8.42 Å². The molecule has 19 heavy (non-hydrogen) atoms. The molecule has 6 nitrogen and oxygen atoms in total. The van der Waals surface area contributed by atoms with Crippen molar-refractivity contribution in [3.8, 4) is 11.5 Å². The first-order valence-electron chi connectivity index (χ1n) is 5.06. The van der Waals surface area contributed by atoms with Crippen LogP contribution in [-0.2, 0) is 14.6 Å². The maximum absolute atomic E-state index is 9.22. The monoisotopic (exact) mass is 408 g/mol. The molecule has 0 saturated carbocycles. The van der Waals surface area contributed by atoms with Crippen molar-refractivity contribution >= 4 is 33.6 Å². The third-order valence-electron chi connectivity index (χ3n) is 1.99. The van der Waals surface area contributed by atoms with Crippen LogP contribution in [0.15, 0.2) is 18.2 Å². The van der Waals surface area contributed by atoms with Crippen molar-refractivity contribution in [2.45, 2.75) is 9.94 Å². The zero-order valence-corrected chi connectivity index (χ0v) is 14.6. The van der Waals surface area contributed by atoms with E-state index in [9.17, 15) is 13.0 Å². The Morgan fingerprint density at radius 2 is 1.42 bits per heavy atom.